The Hall–Kier alpha value is -11.3. The van der Waals surface area contributed by atoms with Gasteiger partial charge in [-0.25, -0.2) is 19.6 Å². The molecule has 3 aromatic carbocycles. The summed E-state index contributed by atoms with van der Waals surface area (Å²) in [6.45, 7) is 10.3. The lowest BCUT2D eigenvalue weighted by atomic mass is 10.0. The molecule has 4 atom stereocenters. The summed E-state index contributed by atoms with van der Waals surface area (Å²) in [6.07, 6.45) is 9.66. The van der Waals surface area contributed by atoms with Gasteiger partial charge < -0.3 is 100 Å². The summed E-state index contributed by atoms with van der Waals surface area (Å²) in [5.74, 6) is -3.12. The Labute approximate surface area is 713 Å². The third-order valence-corrected chi connectivity index (χ3v) is 21.7. The highest BCUT2D eigenvalue weighted by atomic mass is 16.6. The van der Waals surface area contributed by atoms with Gasteiger partial charge in [0.05, 0.1) is 118 Å². The molecule has 123 heavy (non-hydrogen) atoms. The van der Waals surface area contributed by atoms with E-state index < -0.39 is 84.1 Å². The van der Waals surface area contributed by atoms with Gasteiger partial charge >= 0.3 is 12.1 Å². The molecule has 0 bridgehead atoms. The van der Waals surface area contributed by atoms with Crippen LogP contribution in [0.3, 0.4) is 0 Å². The van der Waals surface area contributed by atoms with E-state index in [1.165, 1.54) is 29.1 Å². The number of methoxy groups -OCH3 is 1. The molecule has 5 aliphatic heterocycles. The number of amides is 14. The molecule has 1 aromatic heterocycles. The van der Waals surface area contributed by atoms with Gasteiger partial charge in [0, 0.05) is 111 Å². The number of hydrogen-bond donors (Lipinski definition) is 9. The molecule has 668 valence electrons. The first kappa shape index (κ1) is 93.9. The van der Waals surface area contributed by atoms with E-state index in [0.29, 0.717) is 143 Å². The van der Waals surface area contributed by atoms with E-state index in [-0.39, 0.29) is 158 Å². The fraction of sp³-hybridized carbons (Fsp3) is 0.560. The van der Waals surface area contributed by atoms with Crippen molar-refractivity contribution in [1.82, 2.24) is 56.2 Å². The van der Waals surface area contributed by atoms with Crippen molar-refractivity contribution in [3.05, 3.63) is 101 Å². The molecule has 10 N–H and O–H groups in total. The lowest BCUT2D eigenvalue weighted by Crippen LogP contribution is -2.55. The Morgan fingerprint density at radius 3 is 1.99 bits per heavy atom. The van der Waals surface area contributed by atoms with Crippen molar-refractivity contribution >= 4 is 112 Å². The average Bonchev–Trinajstić information content (AvgIpc) is 1.56. The number of imide groups is 2. The van der Waals surface area contributed by atoms with Crippen molar-refractivity contribution in [1.29, 1.82) is 0 Å². The van der Waals surface area contributed by atoms with Crippen LogP contribution in [0.5, 0.6) is 5.75 Å². The topological polar surface area (TPSA) is 472 Å². The molecule has 1 aliphatic carbocycles. The molecule has 4 aromatic rings. The third-order valence-electron chi connectivity index (χ3n) is 21.7. The smallest absolute Gasteiger partial charge is 0.410 e. The van der Waals surface area contributed by atoms with Crippen LogP contribution >= 0.6 is 0 Å². The predicted molar refractivity (Wildman–Crippen MR) is 447 cm³/mol. The van der Waals surface area contributed by atoms with Crippen LogP contribution in [-0.2, 0) is 94.2 Å². The number of ether oxygens (including phenoxy) is 9. The summed E-state index contributed by atoms with van der Waals surface area (Å²) in [4.78, 5) is 189. The number of likely N-dealkylation sites (N-methyl/N-ethyl adjacent to an activating group) is 1. The van der Waals surface area contributed by atoms with E-state index in [2.05, 4.69) is 57.3 Å². The number of primary amides is 1. The normalized spacial score (nSPS) is 17.2. The Morgan fingerprint density at radius 1 is 0.699 bits per heavy atom. The molecule has 39 nitrogen and oxygen atoms in total. The number of piperidine rings is 2. The van der Waals surface area contributed by atoms with E-state index in [4.69, 9.17) is 53.3 Å². The Bertz CT molecular complexity index is 4330. The number of hydrogen-bond acceptors (Lipinski definition) is 27. The van der Waals surface area contributed by atoms with Gasteiger partial charge in [0.2, 0.25) is 35.4 Å². The fourth-order valence-corrected chi connectivity index (χ4v) is 15.0. The number of benzene rings is 3. The first-order chi connectivity index (χ1) is 59.5. The van der Waals surface area contributed by atoms with Gasteiger partial charge in [-0.2, -0.15) is 0 Å². The summed E-state index contributed by atoms with van der Waals surface area (Å²) in [5, 5.41) is 22.4. The molecule has 39 heteroatoms. The van der Waals surface area contributed by atoms with Crippen molar-refractivity contribution in [2.24, 2.45) is 11.7 Å². The van der Waals surface area contributed by atoms with Crippen molar-refractivity contribution in [2.75, 3.05) is 178 Å². The lowest BCUT2D eigenvalue weighted by Gasteiger charge is -2.43. The van der Waals surface area contributed by atoms with E-state index in [0.717, 1.165) is 30.6 Å². The molecular weight excluding hydrogens is 1600 g/mol. The highest BCUT2D eigenvalue weighted by Crippen LogP contribution is 2.41. The first-order valence-electron chi connectivity index (χ1n) is 42.0. The Morgan fingerprint density at radius 2 is 1.35 bits per heavy atom. The molecule has 6 aliphatic rings. The van der Waals surface area contributed by atoms with Gasteiger partial charge in [-0.3, -0.25) is 72.8 Å². The largest absolute Gasteiger partial charge is 0.495 e. The summed E-state index contributed by atoms with van der Waals surface area (Å²) in [7, 11) is 3.26. The number of rotatable bonds is 50. The number of likely N-dealkylation sites (tertiary alicyclic amines) is 1. The molecular formula is C84H115N17O22. The molecule has 0 spiro atoms. The average molecular weight is 1710 g/mol. The van der Waals surface area contributed by atoms with Crippen LogP contribution in [-0.4, -0.2) is 295 Å². The van der Waals surface area contributed by atoms with Gasteiger partial charge in [-0.1, -0.05) is 51.8 Å². The maximum Gasteiger partial charge on any atom is 0.410 e. The number of nitrogens with one attached hydrogen (secondary N) is 8. The molecule has 2 saturated heterocycles. The summed E-state index contributed by atoms with van der Waals surface area (Å²) in [6, 6.07) is 12.1. The second-order valence-electron chi connectivity index (χ2n) is 30.6. The maximum atomic E-state index is 14.1. The minimum atomic E-state index is -1.15. The van der Waals surface area contributed by atoms with Crippen LogP contribution in [0.25, 0.3) is 0 Å². The van der Waals surface area contributed by atoms with Gasteiger partial charge in [-0.15, -0.1) is 0 Å². The number of carbonyl (C=O) groups excluding carboxylic acids is 13. The number of anilines is 6. The monoisotopic (exact) mass is 1710 g/mol. The molecule has 3 fully saturated rings. The van der Waals surface area contributed by atoms with Crippen LogP contribution in [0.4, 0.5) is 44.1 Å². The van der Waals surface area contributed by atoms with Crippen molar-refractivity contribution in [3.63, 3.8) is 0 Å². The first-order valence-corrected chi connectivity index (χ1v) is 42.0. The molecule has 10 rings (SSSR count). The summed E-state index contributed by atoms with van der Waals surface area (Å²) < 4.78 is 50.7. The minimum Gasteiger partial charge on any atom is -0.495 e. The molecule has 14 amide bonds. The van der Waals surface area contributed by atoms with Crippen LogP contribution in [0.1, 0.15) is 130 Å². The summed E-state index contributed by atoms with van der Waals surface area (Å²) in [5.41, 5.74) is 8.09. The van der Waals surface area contributed by atoms with E-state index in [1.54, 1.807) is 92.7 Å². The highest BCUT2D eigenvalue weighted by molar-refractivity contribution is 6.13. The summed E-state index contributed by atoms with van der Waals surface area (Å²) >= 11 is 0. The number of urea groups is 1. The fourth-order valence-electron chi connectivity index (χ4n) is 15.0. The van der Waals surface area contributed by atoms with Crippen LogP contribution in [0.15, 0.2) is 79.0 Å². The third kappa shape index (κ3) is 27.8. The maximum absolute atomic E-state index is 14.1. The Kier molecular flexibility index (Phi) is 36.6. The van der Waals surface area contributed by atoms with Gasteiger partial charge in [0.1, 0.15) is 43.1 Å². The van der Waals surface area contributed by atoms with Crippen LogP contribution in [0.2, 0.25) is 0 Å². The number of aromatic nitrogens is 2. The second kappa shape index (κ2) is 47.9. The minimum absolute atomic E-state index is 0.000305. The zero-order valence-electron chi connectivity index (χ0n) is 70.4. The van der Waals surface area contributed by atoms with Crippen molar-refractivity contribution in [2.45, 2.75) is 147 Å². The predicted octanol–water partition coefficient (Wildman–Crippen LogP) is 3.41. The standard InChI is InChI=1S/C84H115N17O22/c1-6-65-82(112)96(4)75-76(101(65)59-11-7-8-12-59)93-68(50-87-75)90-63-21-18-56(49-67(63)115-5)77(107)88-58-26-30-97(31-27-58)32-36-117-37-33-98(52-71(104)91-62-14-9-13-60-61(62)51-100(81(60)111)66-22-23-69(102)95-79(66)109)84(114)123-53-55-16-19-57(20-17-55)89-78(108)64(15-10-29-86-83(85)113)92-80(110)74(54(2)3)94-70(103)28-35-116-39-41-119-43-45-121-47-48-122-46-44-120-42-40-118-38-34-99-72(105)24-25-73(99)106/h9,13-14,16-21,24-25,49-50,54,58-59,64-66,74H,6-8,10-12,15,22-23,26-48,51-53H2,1-5H3,(H,88,107)(H,89,108)(H,90,93)(H,91,104)(H,92,110)(H,94,103)(H3,85,86,113)(H,95,102,109)/t64-,65+,66?,74-/m0/s1. The van der Waals surface area contributed by atoms with Crippen LogP contribution in [0, 0.1) is 5.92 Å². The van der Waals surface area contributed by atoms with Crippen molar-refractivity contribution < 1.29 is 105 Å². The molecule has 1 unspecified atom stereocenters. The van der Waals surface area contributed by atoms with E-state index in [1.807, 2.05) is 6.92 Å². The highest BCUT2D eigenvalue weighted by Gasteiger charge is 2.43. The molecule has 6 heterocycles. The SMILES string of the molecule is CC[C@@H]1C(=O)N(C)c2ncc(Nc3ccc(C(=O)NC4CCN(CCOCCN(CC(=O)Nc5cccc6c5CN(C5CCC(=O)NC5=O)C6=O)C(=O)OCc5ccc(NC(=O)[C@H](CCCNC(N)=O)NC(=O)[C@@H](NC(=O)CCOCCOCCOCCOCCOCCOCCN6C(=O)C=CC6=O)C(C)C)cc5)CC4)cc3OC)nc2N1C1CCCC1. The number of nitrogens with two attached hydrogens (primary N) is 1. The van der Waals surface area contributed by atoms with E-state index in [9.17, 15) is 62.3 Å². The van der Waals surface area contributed by atoms with Crippen LogP contribution < -0.4 is 62.8 Å². The van der Waals surface area contributed by atoms with Gasteiger partial charge in [0.25, 0.3) is 29.5 Å². The number of nitrogens with zero attached hydrogens (tertiary/aromatic N) is 8. The second-order valence-corrected chi connectivity index (χ2v) is 30.6. The zero-order valence-corrected chi connectivity index (χ0v) is 70.4. The quantitative estimate of drug-likeness (QED) is 0.0226. The Balaban J connectivity index is 0.656. The van der Waals surface area contributed by atoms with E-state index >= 15 is 0 Å². The van der Waals surface area contributed by atoms with Gasteiger partial charge in [-0.05, 0) is 105 Å². The number of fused-ring (bicyclic) bond motifs is 2. The molecule has 1 saturated carbocycles. The molecule has 0 radical (unpaired) electrons. The van der Waals surface area contributed by atoms with Gasteiger partial charge in [0.15, 0.2) is 17.5 Å². The lowest BCUT2D eigenvalue weighted by molar-refractivity contribution is -0.138. The number of carbonyl (C=O) groups is 13. The van der Waals surface area contributed by atoms with Crippen molar-refractivity contribution in [3.8, 4) is 5.75 Å². The zero-order chi connectivity index (χ0) is 87.7.